The van der Waals surface area contributed by atoms with Crippen LogP contribution >= 0.6 is 11.3 Å². The smallest absolute Gasteiger partial charge is 0.222 e. The van der Waals surface area contributed by atoms with Crippen LogP contribution in [0, 0.1) is 6.92 Å². The maximum atomic E-state index is 5.59. The van der Waals surface area contributed by atoms with Crippen LogP contribution in [0.2, 0.25) is 0 Å². The van der Waals surface area contributed by atoms with Crippen molar-refractivity contribution >= 4 is 23.1 Å². The SMILES string of the molecule is Cc1cc(N[C@H](C)c2cccs2)nc(N)n1. The molecule has 0 aliphatic heterocycles. The van der Waals surface area contributed by atoms with Crippen LogP contribution in [0.4, 0.5) is 11.8 Å². The summed E-state index contributed by atoms with van der Waals surface area (Å²) in [7, 11) is 0. The number of aryl methyl sites for hydroxylation is 1. The van der Waals surface area contributed by atoms with Crippen LogP contribution in [0.3, 0.4) is 0 Å². The lowest BCUT2D eigenvalue weighted by molar-refractivity contribution is 0.892. The number of aromatic nitrogens is 2. The van der Waals surface area contributed by atoms with Gasteiger partial charge in [-0.05, 0) is 25.3 Å². The van der Waals surface area contributed by atoms with Crippen molar-refractivity contribution < 1.29 is 0 Å². The highest BCUT2D eigenvalue weighted by Crippen LogP contribution is 2.22. The number of nitrogens with zero attached hydrogens (tertiary/aromatic N) is 2. The molecule has 0 unspecified atom stereocenters. The second-order valence-electron chi connectivity index (χ2n) is 3.63. The van der Waals surface area contributed by atoms with Gasteiger partial charge in [0.05, 0.1) is 6.04 Å². The quantitative estimate of drug-likeness (QED) is 0.856. The summed E-state index contributed by atoms with van der Waals surface area (Å²) >= 11 is 1.72. The van der Waals surface area contributed by atoms with Crippen molar-refractivity contribution in [2.24, 2.45) is 0 Å². The topological polar surface area (TPSA) is 63.8 Å². The molecule has 84 valence electrons. The molecule has 3 N–H and O–H groups in total. The Bertz CT molecular complexity index is 447. The second kappa shape index (κ2) is 4.49. The minimum absolute atomic E-state index is 0.230. The highest BCUT2D eigenvalue weighted by molar-refractivity contribution is 7.10. The molecule has 0 radical (unpaired) electrons. The van der Waals surface area contributed by atoms with Gasteiger partial charge in [-0.3, -0.25) is 0 Å². The van der Waals surface area contributed by atoms with Gasteiger partial charge >= 0.3 is 0 Å². The molecule has 5 heteroatoms. The van der Waals surface area contributed by atoms with Crippen LogP contribution in [0.1, 0.15) is 23.5 Å². The van der Waals surface area contributed by atoms with Crippen molar-refractivity contribution in [3.8, 4) is 0 Å². The Morgan fingerprint density at radius 3 is 2.88 bits per heavy atom. The third-order valence-corrected chi connectivity index (χ3v) is 3.26. The zero-order valence-electron chi connectivity index (χ0n) is 9.27. The number of rotatable bonds is 3. The molecule has 1 atom stereocenters. The third kappa shape index (κ3) is 2.49. The molecular formula is C11H14N4S. The molecule has 2 rings (SSSR count). The van der Waals surface area contributed by atoms with E-state index in [4.69, 9.17) is 5.73 Å². The molecular weight excluding hydrogens is 220 g/mol. The predicted octanol–water partition coefficient (Wildman–Crippen LogP) is 2.60. The fourth-order valence-corrected chi connectivity index (χ4v) is 2.23. The Morgan fingerprint density at radius 1 is 1.44 bits per heavy atom. The van der Waals surface area contributed by atoms with Gasteiger partial charge in [-0.25, -0.2) is 4.98 Å². The van der Waals surface area contributed by atoms with E-state index >= 15 is 0 Å². The van der Waals surface area contributed by atoms with Crippen LogP contribution < -0.4 is 11.1 Å². The number of nitrogen functional groups attached to an aromatic ring is 1. The van der Waals surface area contributed by atoms with Gasteiger partial charge in [0.15, 0.2) is 0 Å². The summed E-state index contributed by atoms with van der Waals surface area (Å²) in [6, 6.07) is 6.26. The van der Waals surface area contributed by atoms with Gasteiger partial charge in [0, 0.05) is 16.6 Å². The number of anilines is 2. The number of thiophene rings is 1. The fraction of sp³-hybridized carbons (Fsp3) is 0.273. The molecule has 2 heterocycles. The van der Waals surface area contributed by atoms with Gasteiger partial charge in [0.2, 0.25) is 5.95 Å². The summed E-state index contributed by atoms with van der Waals surface area (Å²) in [5.41, 5.74) is 6.46. The average molecular weight is 234 g/mol. The van der Waals surface area contributed by atoms with Gasteiger partial charge in [-0.1, -0.05) is 6.07 Å². The van der Waals surface area contributed by atoms with Gasteiger partial charge < -0.3 is 11.1 Å². The highest BCUT2D eigenvalue weighted by atomic mass is 32.1. The van der Waals surface area contributed by atoms with Crippen LogP contribution in [-0.4, -0.2) is 9.97 Å². The number of nitrogens with one attached hydrogen (secondary N) is 1. The van der Waals surface area contributed by atoms with E-state index in [-0.39, 0.29) is 6.04 Å². The first kappa shape index (κ1) is 10.9. The van der Waals surface area contributed by atoms with Gasteiger partial charge in [-0.2, -0.15) is 4.98 Å². The van der Waals surface area contributed by atoms with E-state index in [1.807, 2.05) is 19.1 Å². The summed E-state index contributed by atoms with van der Waals surface area (Å²) in [6.45, 7) is 4.00. The molecule has 2 aromatic heterocycles. The van der Waals surface area contributed by atoms with E-state index < -0.39 is 0 Å². The molecule has 0 spiro atoms. The average Bonchev–Trinajstić information content (AvgIpc) is 2.68. The molecule has 0 saturated heterocycles. The van der Waals surface area contributed by atoms with Crippen LogP contribution in [-0.2, 0) is 0 Å². The Morgan fingerprint density at radius 2 is 2.25 bits per heavy atom. The van der Waals surface area contributed by atoms with Crippen LogP contribution in [0.25, 0.3) is 0 Å². The van der Waals surface area contributed by atoms with Crippen molar-refractivity contribution in [3.05, 3.63) is 34.2 Å². The Kier molecular flexibility index (Phi) is 3.05. The predicted molar refractivity (Wildman–Crippen MR) is 67.5 cm³/mol. The summed E-state index contributed by atoms with van der Waals surface area (Å²) in [6.07, 6.45) is 0. The lowest BCUT2D eigenvalue weighted by Gasteiger charge is -2.13. The molecule has 2 aromatic rings. The Balaban J connectivity index is 2.15. The molecule has 0 aliphatic carbocycles. The third-order valence-electron chi connectivity index (χ3n) is 2.21. The zero-order chi connectivity index (χ0) is 11.5. The van der Waals surface area contributed by atoms with Crippen LogP contribution in [0.15, 0.2) is 23.6 Å². The number of nitrogens with two attached hydrogens (primary N) is 1. The lowest BCUT2D eigenvalue weighted by atomic mass is 10.2. The molecule has 0 aromatic carbocycles. The van der Waals surface area contributed by atoms with E-state index in [0.717, 1.165) is 11.5 Å². The van der Waals surface area contributed by atoms with E-state index in [1.165, 1.54) is 4.88 Å². The van der Waals surface area contributed by atoms with Crippen molar-refractivity contribution in [1.29, 1.82) is 0 Å². The van der Waals surface area contributed by atoms with E-state index in [9.17, 15) is 0 Å². The van der Waals surface area contributed by atoms with E-state index in [1.54, 1.807) is 11.3 Å². The lowest BCUT2D eigenvalue weighted by Crippen LogP contribution is -2.08. The van der Waals surface area contributed by atoms with Gasteiger partial charge in [0.25, 0.3) is 0 Å². The molecule has 0 fully saturated rings. The molecule has 0 saturated carbocycles. The minimum atomic E-state index is 0.230. The van der Waals surface area contributed by atoms with Crippen LogP contribution in [0.5, 0.6) is 0 Å². The first-order valence-electron chi connectivity index (χ1n) is 5.06. The fourth-order valence-electron chi connectivity index (χ4n) is 1.50. The summed E-state index contributed by atoms with van der Waals surface area (Å²) in [5, 5.41) is 5.37. The van der Waals surface area contributed by atoms with Crippen molar-refractivity contribution in [2.75, 3.05) is 11.1 Å². The second-order valence-corrected chi connectivity index (χ2v) is 4.61. The normalized spacial score (nSPS) is 12.4. The van der Waals surface area contributed by atoms with Crippen molar-refractivity contribution in [1.82, 2.24) is 9.97 Å². The number of hydrogen-bond donors (Lipinski definition) is 2. The maximum Gasteiger partial charge on any atom is 0.222 e. The first-order chi connectivity index (χ1) is 7.65. The zero-order valence-corrected chi connectivity index (χ0v) is 10.1. The molecule has 0 aliphatic rings. The molecule has 16 heavy (non-hydrogen) atoms. The monoisotopic (exact) mass is 234 g/mol. The van der Waals surface area contributed by atoms with Gasteiger partial charge in [0.1, 0.15) is 5.82 Å². The highest BCUT2D eigenvalue weighted by Gasteiger charge is 2.07. The largest absolute Gasteiger partial charge is 0.368 e. The summed E-state index contributed by atoms with van der Waals surface area (Å²) < 4.78 is 0. The molecule has 0 amide bonds. The van der Waals surface area contributed by atoms with Crippen molar-refractivity contribution in [2.45, 2.75) is 19.9 Å². The standard InChI is InChI=1S/C11H14N4S/c1-7-6-10(15-11(12)13-7)14-8(2)9-4-3-5-16-9/h3-6,8H,1-2H3,(H3,12,13,14,15)/t8-/m1/s1. The maximum absolute atomic E-state index is 5.59. The van der Waals surface area contributed by atoms with E-state index in [2.05, 4.69) is 33.7 Å². The summed E-state index contributed by atoms with van der Waals surface area (Å²) in [4.78, 5) is 9.45. The molecule has 4 nitrogen and oxygen atoms in total. The molecule has 0 bridgehead atoms. The Hall–Kier alpha value is -1.62. The van der Waals surface area contributed by atoms with Gasteiger partial charge in [-0.15, -0.1) is 11.3 Å². The Labute approximate surface area is 98.6 Å². The minimum Gasteiger partial charge on any atom is -0.368 e. The van der Waals surface area contributed by atoms with E-state index in [0.29, 0.717) is 5.95 Å². The number of hydrogen-bond acceptors (Lipinski definition) is 5. The van der Waals surface area contributed by atoms with Crippen molar-refractivity contribution in [3.63, 3.8) is 0 Å². The summed E-state index contributed by atoms with van der Waals surface area (Å²) in [5.74, 6) is 1.08. The first-order valence-corrected chi connectivity index (χ1v) is 5.94.